The van der Waals surface area contributed by atoms with Gasteiger partial charge in [0.05, 0.1) is 0 Å². The van der Waals surface area contributed by atoms with E-state index in [1.807, 2.05) is 30.3 Å². The molecule has 0 heterocycles. The topological polar surface area (TPSA) is 29.1 Å². The summed E-state index contributed by atoms with van der Waals surface area (Å²) in [5.41, 5.74) is 6.41. The number of fused-ring (bicyclic) bond motifs is 3. The first-order valence-electron chi connectivity index (χ1n) is 11.1. The third kappa shape index (κ3) is 3.98. The summed E-state index contributed by atoms with van der Waals surface area (Å²) in [6.45, 7) is 10.7. The monoisotopic (exact) mass is 560 g/mol. The van der Waals surface area contributed by atoms with Crippen molar-refractivity contribution in [2.24, 2.45) is 0 Å². The summed E-state index contributed by atoms with van der Waals surface area (Å²) in [4.78, 5) is 13.7. The van der Waals surface area contributed by atoms with Crippen LogP contribution < -0.4 is 6.53 Å². The van der Waals surface area contributed by atoms with Crippen LogP contribution in [-0.4, -0.2) is 11.8 Å². The van der Waals surface area contributed by atoms with Gasteiger partial charge in [0.1, 0.15) is 0 Å². The van der Waals surface area contributed by atoms with E-state index in [9.17, 15) is 4.79 Å². The van der Waals surface area contributed by atoms with E-state index in [-0.39, 0.29) is 11.3 Å². The Balaban J connectivity index is 1.84. The number of amides is 1. The molecule has 0 spiro atoms. The molecule has 0 saturated carbocycles. The number of hydrogen-bond donors (Lipinski definition) is 1. The van der Waals surface area contributed by atoms with Crippen LogP contribution in [0.5, 0.6) is 0 Å². The van der Waals surface area contributed by atoms with Crippen LogP contribution in [0.25, 0.3) is 11.1 Å². The van der Waals surface area contributed by atoms with Crippen LogP contribution in [0.4, 0.5) is 0 Å². The second-order valence-corrected chi connectivity index (χ2v) is 49.8. The molecular formula is C26H30Cl2NOSiZr. The molecule has 0 bridgehead atoms. The first-order chi connectivity index (χ1) is 14.9. The van der Waals surface area contributed by atoms with Gasteiger partial charge >= 0.3 is 202 Å². The number of benzene rings is 3. The van der Waals surface area contributed by atoms with Gasteiger partial charge in [0.2, 0.25) is 0 Å². The Morgan fingerprint density at radius 3 is 2.22 bits per heavy atom. The van der Waals surface area contributed by atoms with Crippen molar-refractivity contribution in [1.82, 2.24) is 3.26 Å². The molecule has 3 aromatic rings. The van der Waals surface area contributed by atoms with E-state index in [0.717, 1.165) is 15.3 Å². The minimum absolute atomic E-state index is 0.152. The molecule has 0 saturated heterocycles. The Hall–Kier alpha value is -1.19. The van der Waals surface area contributed by atoms with Crippen LogP contribution in [-0.2, 0) is 27.7 Å². The van der Waals surface area contributed by atoms with Gasteiger partial charge in [0, 0.05) is 0 Å². The second-order valence-electron chi connectivity index (χ2n) is 10.2. The van der Waals surface area contributed by atoms with Crippen molar-refractivity contribution in [2.75, 3.05) is 0 Å². The van der Waals surface area contributed by atoms with Crippen molar-refractivity contribution in [3.63, 3.8) is 0 Å². The summed E-state index contributed by atoms with van der Waals surface area (Å²) >= 11 is -4.88. The predicted octanol–water partition coefficient (Wildman–Crippen LogP) is 6.51. The summed E-state index contributed by atoms with van der Waals surface area (Å²) in [6, 6.07) is 22.5. The fraction of sp³-hybridized carbons (Fsp3) is 0.269. The van der Waals surface area contributed by atoms with E-state index in [1.165, 1.54) is 22.3 Å². The molecule has 4 rings (SSSR count). The summed E-state index contributed by atoms with van der Waals surface area (Å²) in [6.07, 6.45) is 0.806. The Kier molecular flexibility index (Phi) is 6.16. The molecule has 167 valence electrons. The number of nitrogens with one attached hydrogen (secondary N) is 1. The van der Waals surface area contributed by atoms with Crippen LogP contribution in [0, 0.1) is 0 Å². The predicted molar refractivity (Wildman–Crippen MR) is 138 cm³/mol. The Morgan fingerprint density at radius 1 is 0.906 bits per heavy atom. The van der Waals surface area contributed by atoms with Gasteiger partial charge in [0.25, 0.3) is 0 Å². The summed E-state index contributed by atoms with van der Waals surface area (Å²) in [7, 11) is 15.2. The Morgan fingerprint density at radius 2 is 1.53 bits per heavy atom. The number of hydrogen-bond acceptors (Lipinski definition) is 1. The Bertz CT molecular complexity index is 1220. The number of carbonyl (C=O) groups excluding carboxylic acids is 1. The SMILES string of the molecule is C[SiH](C)[Zr]([Cl])([Cl])([NH]C(=O)c1ccccc1C(C)(C)C)[c]1cccc2c1Cc1ccccc1-2. The number of rotatable bonds is 4. The third-order valence-electron chi connectivity index (χ3n) is 6.68. The van der Waals surface area contributed by atoms with Crippen molar-refractivity contribution in [3.05, 3.63) is 89.0 Å². The van der Waals surface area contributed by atoms with Gasteiger partial charge < -0.3 is 0 Å². The van der Waals surface area contributed by atoms with Gasteiger partial charge in [-0.3, -0.25) is 0 Å². The molecule has 3 aromatic carbocycles. The summed E-state index contributed by atoms with van der Waals surface area (Å²) in [5.74, 6) is -1.86. The van der Waals surface area contributed by atoms with Crippen LogP contribution in [0.1, 0.15) is 47.8 Å². The first-order valence-corrected chi connectivity index (χ1v) is 27.1. The zero-order valence-electron chi connectivity index (χ0n) is 19.3. The van der Waals surface area contributed by atoms with E-state index in [2.05, 4.69) is 73.5 Å². The molecule has 2 nitrogen and oxygen atoms in total. The maximum absolute atomic E-state index is 13.7. The molecule has 6 heteroatoms. The summed E-state index contributed by atoms with van der Waals surface area (Å²) in [5, 5.41) is 0. The molecule has 0 atom stereocenters. The van der Waals surface area contributed by atoms with Crippen molar-refractivity contribution < 1.29 is 20.6 Å². The molecule has 0 aromatic heterocycles. The zero-order valence-corrected chi connectivity index (χ0v) is 24.4. The molecule has 1 aliphatic carbocycles. The quantitative estimate of drug-likeness (QED) is 0.283. The third-order valence-corrected chi connectivity index (χ3v) is 50.6. The normalized spacial score (nSPS) is 14.4. The van der Waals surface area contributed by atoms with E-state index in [1.54, 1.807) is 0 Å². The van der Waals surface area contributed by atoms with Crippen LogP contribution >= 0.6 is 17.0 Å². The second kappa shape index (κ2) is 8.24. The Labute approximate surface area is 200 Å². The molecular weight excluding hydrogens is 533 g/mol. The molecule has 0 fully saturated rings. The average Bonchev–Trinajstić information content (AvgIpc) is 3.11. The molecule has 1 amide bonds. The van der Waals surface area contributed by atoms with Crippen molar-refractivity contribution >= 4 is 32.1 Å². The van der Waals surface area contributed by atoms with Crippen LogP contribution in [0.15, 0.2) is 66.7 Å². The van der Waals surface area contributed by atoms with Gasteiger partial charge in [-0.05, 0) is 0 Å². The van der Waals surface area contributed by atoms with E-state index in [4.69, 9.17) is 17.0 Å². The molecule has 1 aliphatic rings. The molecule has 32 heavy (non-hydrogen) atoms. The van der Waals surface area contributed by atoms with Gasteiger partial charge in [0.15, 0.2) is 0 Å². The van der Waals surface area contributed by atoms with Crippen LogP contribution in [0.3, 0.4) is 0 Å². The van der Waals surface area contributed by atoms with E-state index >= 15 is 0 Å². The van der Waals surface area contributed by atoms with Crippen LogP contribution in [0.2, 0.25) is 13.1 Å². The van der Waals surface area contributed by atoms with Gasteiger partial charge in [-0.25, -0.2) is 0 Å². The van der Waals surface area contributed by atoms with Gasteiger partial charge in [-0.1, -0.05) is 0 Å². The molecule has 0 radical (unpaired) electrons. The molecule has 0 aliphatic heterocycles. The van der Waals surface area contributed by atoms with Crippen molar-refractivity contribution in [3.8, 4) is 11.1 Å². The zero-order chi connectivity index (χ0) is 23.3. The standard InChI is InChI=1S/C13H9.C11H15NO.C2H7Si.2ClH.Zr/c1-3-7-12-10(5-1)9-11-6-2-4-8-13(11)12;1-11(2,3)9-7-5-4-6-8(9)10(12)13;1-3-2;;;/h1-5,7-8H,9H2;4-7H,1-3H3,(H2,12,13);3H,1-2H3;2*1H;/q;;;;;+3/p-3. The van der Waals surface area contributed by atoms with Gasteiger partial charge in [-0.2, -0.15) is 0 Å². The number of carbonyl (C=O) groups is 1. The first kappa shape index (κ1) is 24.0. The van der Waals surface area contributed by atoms with E-state index in [0.29, 0.717) is 5.56 Å². The number of halogens is 2. The fourth-order valence-electron chi connectivity index (χ4n) is 4.72. The van der Waals surface area contributed by atoms with Gasteiger partial charge in [-0.15, -0.1) is 0 Å². The molecule has 1 N–H and O–H groups in total. The fourth-order valence-corrected chi connectivity index (χ4v) is 22.4. The summed E-state index contributed by atoms with van der Waals surface area (Å²) < 4.78 is 4.34. The van der Waals surface area contributed by atoms with Crippen molar-refractivity contribution in [1.29, 1.82) is 0 Å². The maximum atomic E-state index is 13.7. The van der Waals surface area contributed by atoms with E-state index < -0.39 is 21.8 Å². The average molecular weight is 563 g/mol. The van der Waals surface area contributed by atoms with Crippen molar-refractivity contribution in [2.45, 2.75) is 45.7 Å². The minimum atomic E-state index is -4.88. The molecule has 0 unspecified atom stereocenters.